The van der Waals surface area contributed by atoms with Gasteiger partial charge in [-0.25, -0.2) is 0 Å². The predicted molar refractivity (Wildman–Crippen MR) is 63.7 cm³/mol. The van der Waals surface area contributed by atoms with E-state index in [9.17, 15) is 15.0 Å². The Morgan fingerprint density at radius 3 is 3.00 bits per heavy atom. The Morgan fingerprint density at radius 1 is 1.53 bits per heavy atom. The molecule has 0 aliphatic carbocycles. The van der Waals surface area contributed by atoms with Crippen molar-refractivity contribution in [3.63, 3.8) is 0 Å². The number of carbonyl (C=O) groups is 1. The molecule has 1 aromatic carbocycles. The Bertz CT molecular complexity index is 434. The number of hydrogen-bond acceptors (Lipinski definition) is 4. The van der Waals surface area contributed by atoms with Gasteiger partial charge in [0.15, 0.2) is 0 Å². The number of benzene rings is 1. The van der Waals surface area contributed by atoms with Gasteiger partial charge >= 0.3 is 0 Å². The van der Waals surface area contributed by atoms with Gasteiger partial charge in [-0.05, 0) is 25.0 Å². The van der Waals surface area contributed by atoms with E-state index in [-0.39, 0.29) is 30.0 Å². The van der Waals surface area contributed by atoms with E-state index >= 15 is 0 Å². The van der Waals surface area contributed by atoms with E-state index in [4.69, 9.17) is 5.73 Å². The van der Waals surface area contributed by atoms with Gasteiger partial charge in [-0.3, -0.25) is 4.79 Å². The number of aromatic hydroxyl groups is 1. The number of nitrogens with two attached hydrogens (primary N) is 1. The molecule has 0 spiro atoms. The summed E-state index contributed by atoms with van der Waals surface area (Å²) >= 11 is 0. The summed E-state index contributed by atoms with van der Waals surface area (Å²) in [5.74, 6) is -0.314. The lowest BCUT2D eigenvalue weighted by molar-refractivity contribution is 0.0678. The van der Waals surface area contributed by atoms with Gasteiger partial charge in [-0.2, -0.15) is 0 Å². The van der Waals surface area contributed by atoms with Gasteiger partial charge in [0.2, 0.25) is 0 Å². The molecule has 5 heteroatoms. The van der Waals surface area contributed by atoms with E-state index < -0.39 is 0 Å². The molecule has 0 radical (unpaired) electrons. The number of hydrogen-bond donors (Lipinski definition) is 3. The van der Waals surface area contributed by atoms with Crippen LogP contribution in [0.15, 0.2) is 18.2 Å². The molecule has 1 aromatic rings. The molecule has 0 aromatic heterocycles. The van der Waals surface area contributed by atoms with Crippen LogP contribution in [0.4, 0.5) is 5.69 Å². The maximum atomic E-state index is 12.2. The lowest BCUT2D eigenvalue weighted by Gasteiger charge is -2.23. The highest BCUT2D eigenvalue weighted by Gasteiger charge is 2.29. The van der Waals surface area contributed by atoms with Crippen LogP contribution in [0.1, 0.15) is 23.2 Å². The molecule has 4 N–H and O–H groups in total. The molecule has 1 saturated heterocycles. The smallest absolute Gasteiger partial charge is 0.256 e. The summed E-state index contributed by atoms with van der Waals surface area (Å²) in [7, 11) is 0. The summed E-state index contributed by atoms with van der Waals surface area (Å²) in [4.78, 5) is 13.8. The molecule has 0 unspecified atom stereocenters. The molecular weight excluding hydrogens is 220 g/mol. The number of aliphatic hydroxyl groups is 1. The zero-order valence-electron chi connectivity index (χ0n) is 9.47. The van der Waals surface area contributed by atoms with Crippen LogP contribution in [0.25, 0.3) is 0 Å². The van der Waals surface area contributed by atoms with E-state index in [2.05, 4.69) is 0 Å². The Morgan fingerprint density at radius 2 is 2.29 bits per heavy atom. The maximum Gasteiger partial charge on any atom is 0.256 e. The zero-order chi connectivity index (χ0) is 12.4. The minimum absolute atomic E-state index is 0.0372. The van der Waals surface area contributed by atoms with Crippen molar-refractivity contribution in [2.24, 2.45) is 0 Å². The Kier molecular flexibility index (Phi) is 3.19. The lowest BCUT2D eigenvalue weighted by Crippen LogP contribution is -2.37. The largest absolute Gasteiger partial charge is 0.506 e. The number of anilines is 1. The highest BCUT2D eigenvalue weighted by molar-refractivity contribution is 6.00. The second-order valence-electron chi connectivity index (χ2n) is 4.22. The molecule has 0 bridgehead atoms. The summed E-state index contributed by atoms with van der Waals surface area (Å²) in [6.45, 7) is 0.587. The fourth-order valence-electron chi connectivity index (χ4n) is 2.19. The quantitative estimate of drug-likeness (QED) is 0.517. The lowest BCUT2D eigenvalue weighted by atomic mass is 10.1. The topological polar surface area (TPSA) is 86.8 Å². The van der Waals surface area contributed by atoms with Crippen molar-refractivity contribution in [1.82, 2.24) is 4.90 Å². The first-order chi connectivity index (χ1) is 8.15. The second-order valence-corrected chi connectivity index (χ2v) is 4.22. The van der Waals surface area contributed by atoms with Crippen molar-refractivity contribution in [3.05, 3.63) is 23.8 Å². The van der Waals surface area contributed by atoms with Gasteiger partial charge in [0.1, 0.15) is 5.75 Å². The predicted octanol–water partition coefficient (Wildman–Crippen LogP) is 0.571. The fraction of sp³-hybridized carbons (Fsp3) is 0.417. The number of para-hydroxylation sites is 1. The molecule has 2 rings (SSSR count). The monoisotopic (exact) mass is 236 g/mol. The third-order valence-electron chi connectivity index (χ3n) is 3.16. The summed E-state index contributed by atoms with van der Waals surface area (Å²) in [6, 6.07) is 4.48. The summed E-state index contributed by atoms with van der Waals surface area (Å²) < 4.78 is 0. The van der Waals surface area contributed by atoms with Gasteiger partial charge in [0, 0.05) is 6.54 Å². The van der Waals surface area contributed by atoms with Crippen LogP contribution in [0.2, 0.25) is 0 Å². The van der Waals surface area contributed by atoms with Crippen molar-refractivity contribution < 1.29 is 15.0 Å². The second kappa shape index (κ2) is 4.63. The number of phenols is 1. The third kappa shape index (κ3) is 2.06. The molecule has 0 saturated carbocycles. The van der Waals surface area contributed by atoms with Crippen molar-refractivity contribution in [2.45, 2.75) is 18.9 Å². The van der Waals surface area contributed by atoms with Crippen LogP contribution in [0.5, 0.6) is 5.75 Å². The minimum atomic E-state index is -0.227. The SMILES string of the molecule is Nc1c(O)cccc1C(=O)N1CCC[C@H]1CO. The summed E-state index contributed by atoms with van der Waals surface area (Å²) in [5, 5.41) is 18.7. The van der Waals surface area contributed by atoms with Crippen LogP contribution in [-0.2, 0) is 0 Å². The van der Waals surface area contributed by atoms with Crippen molar-refractivity contribution >= 4 is 11.6 Å². The number of nitrogen functional groups attached to an aromatic ring is 1. The first-order valence-electron chi connectivity index (χ1n) is 5.64. The van der Waals surface area contributed by atoms with Crippen molar-refractivity contribution in [3.8, 4) is 5.75 Å². The molecule has 1 fully saturated rings. The van der Waals surface area contributed by atoms with E-state index in [1.807, 2.05) is 0 Å². The zero-order valence-corrected chi connectivity index (χ0v) is 9.47. The normalized spacial score (nSPS) is 19.6. The molecule has 5 nitrogen and oxygen atoms in total. The van der Waals surface area contributed by atoms with Crippen LogP contribution in [-0.4, -0.2) is 40.2 Å². The average molecular weight is 236 g/mol. The van der Waals surface area contributed by atoms with E-state index in [0.717, 1.165) is 12.8 Å². The molecule has 92 valence electrons. The number of carbonyl (C=O) groups excluding carboxylic acids is 1. The molecule has 17 heavy (non-hydrogen) atoms. The van der Waals surface area contributed by atoms with Gasteiger partial charge in [0.05, 0.1) is 23.9 Å². The number of rotatable bonds is 2. The Hall–Kier alpha value is -1.75. The van der Waals surface area contributed by atoms with E-state index in [1.165, 1.54) is 6.07 Å². The van der Waals surface area contributed by atoms with Gasteiger partial charge in [0.25, 0.3) is 5.91 Å². The van der Waals surface area contributed by atoms with Crippen molar-refractivity contribution in [1.29, 1.82) is 0 Å². The molecule has 1 amide bonds. The fourth-order valence-corrected chi connectivity index (χ4v) is 2.19. The first kappa shape index (κ1) is 11.7. The number of nitrogens with zero attached hydrogens (tertiary/aromatic N) is 1. The van der Waals surface area contributed by atoms with E-state index in [1.54, 1.807) is 17.0 Å². The molecule has 1 aliphatic heterocycles. The van der Waals surface area contributed by atoms with Crippen LogP contribution in [0, 0.1) is 0 Å². The number of phenolic OH excluding ortho intramolecular Hbond substituents is 1. The highest BCUT2D eigenvalue weighted by Crippen LogP contribution is 2.27. The summed E-state index contributed by atoms with van der Waals surface area (Å²) in [6.07, 6.45) is 1.69. The highest BCUT2D eigenvalue weighted by atomic mass is 16.3. The third-order valence-corrected chi connectivity index (χ3v) is 3.16. The molecule has 1 atom stereocenters. The molecular formula is C12H16N2O3. The van der Waals surface area contributed by atoms with Gasteiger partial charge < -0.3 is 20.8 Å². The minimum Gasteiger partial charge on any atom is -0.506 e. The number of amides is 1. The van der Waals surface area contributed by atoms with E-state index in [0.29, 0.717) is 12.1 Å². The maximum absolute atomic E-state index is 12.2. The number of likely N-dealkylation sites (tertiary alicyclic amines) is 1. The number of aliphatic hydroxyl groups excluding tert-OH is 1. The first-order valence-corrected chi connectivity index (χ1v) is 5.64. The van der Waals surface area contributed by atoms with Crippen LogP contribution >= 0.6 is 0 Å². The standard InChI is InChI=1S/C12H16N2O3/c13-11-9(4-1-5-10(11)16)12(17)14-6-2-3-8(14)7-15/h1,4-5,8,15-16H,2-3,6-7,13H2/t8-/m0/s1. The van der Waals surface area contributed by atoms with Gasteiger partial charge in [-0.1, -0.05) is 6.07 Å². The average Bonchev–Trinajstić information content (AvgIpc) is 2.80. The Labute approximate surface area is 99.5 Å². The van der Waals surface area contributed by atoms with Crippen LogP contribution < -0.4 is 5.73 Å². The molecule has 1 aliphatic rings. The molecule has 1 heterocycles. The van der Waals surface area contributed by atoms with Crippen molar-refractivity contribution in [2.75, 3.05) is 18.9 Å². The van der Waals surface area contributed by atoms with Crippen LogP contribution in [0.3, 0.4) is 0 Å². The Balaban J connectivity index is 2.28. The van der Waals surface area contributed by atoms with Gasteiger partial charge in [-0.15, -0.1) is 0 Å². The summed E-state index contributed by atoms with van der Waals surface area (Å²) in [5.41, 5.74) is 6.07.